The third kappa shape index (κ3) is 2.62. The number of nitro groups is 1. The number of nitrogens with zero attached hydrogens (tertiary/aromatic N) is 3. The Morgan fingerprint density at radius 3 is 2.50 bits per heavy atom. The van der Waals surface area contributed by atoms with Crippen LogP contribution in [0, 0.1) is 17.0 Å². The predicted molar refractivity (Wildman–Crippen MR) is 71.1 cm³/mol. The van der Waals surface area contributed by atoms with E-state index in [4.69, 9.17) is 16.7 Å². The number of carbonyl (C=O) groups is 1. The van der Waals surface area contributed by atoms with Crippen molar-refractivity contribution < 1.29 is 14.8 Å². The number of carboxylic acid groups (broad SMARTS) is 1. The lowest BCUT2D eigenvalue weighted by Gasteiger charge is -2.03. The molecule has 0 saturated carbocycles. The molecule has 0 unspecified atom stereocenters. The Kier molecular flexibility index (Phi) is 3.71. The lowest BCUT2D eigenvalue weighted by atomic mass is 10.2. The van der Waals surface area contributed by atoms with Crippen molar-refractivity contribution in [3.63, 3.8) is 0 Å². The van der Waals surface area contributed by atoms with Crippen molar-refractivity contribution >= 4 is 23.3 Å². The van der Waals surface area contributed by atoms with Gasteiger partial charge >= 0.3 is 11.7 Å². The fourth-order valence-corrected chi connectivity index (χ4v) is 1.94. The Morgan fingerprint density at radius 1 is 1.45 bits per heavy atom. The Bertz CT molecular complexity index is 679. The minimum atomic E-state index is -1.42. The quantitative estimate of drug-likeness (QED) is 0.690. The van der Waals surface area contributed by atoms with E-state index in [1.54, 1.807) is 24.3 Å². The minimum absolute atomic E-state index is 0.197. The van der Waals surface area contributed by atoms with E-state index in [1.165, 1.54) is 11.6 Å². The summed E-state index contributed by atoms with van der Waals surface area (Å²) in [6.07, 6.45) is 0. The SMILES string of the molecule is Cc1c([N+](=O)[O-])c(C(=O)O)nn1Cc1ccc(Cl)cc1. The van der Waals surface area contributed by atoms with Gasteiger partial charge in [0, 0.05) is 5.02 Å². The molecule has 0 aliphatic heterocycles. The van der Waals surface area contributed by atoms with Crippen LogP contribution in [0.15, 0.2) is 24.3 Å². The molecule has 1 heterocycles. The zero-order chi connectivity index (χ0) is 14.9. The Balaban J connectivity index is 2.42. The van der Waals surface area contributed by atoms with Crippen LogP contribution < -0.4 is 0 Å². The van der Waals surface area contributed by atoms with Crippen LogP contribution in [0.5, 0.6) is 0 Å². The Labute approximate surface area is 118 Å². The first-order chi connectivity index (χ1) is 9.40. The molecule has 0 atom stereocenters. The molecule has 0 radical (unpaired) electrons. The van der Waals surface area contributed by atoms with Gasteiger partial charge in [-0.05, 0) is 24.6 Å². The number of aromatic nitrogens is 2. The maximum absolute atomic E-state index is 11.0. The molecule has 0 spiro atoms. The van der Waals surface area contributed by atoms with Crippen molar-refractivity contribution in [3.05, 3.63) is 56.4 Å². The summed E-state index contributed by atoms with van der Waals surface area (Å²) in [7, 11) is 0. The highest BCUT2D eigenvalue weighted by atomic mass is 35.5. The zero-order valence-corrected chi connectivity index (χ0v) is 11.2. The highest BCUT2D eigenvalue weighted by Gasteiger charge is 2.29. The summed E-state index contributed by atoms with van der Waals surface area (Å²) in [6, 6.07) is 6.86. The fraction of sp³-hybridized carbons (Fsp3) is 0.167. The van der Waals surface area contributed by atoms with Crippen LogP contribution in [0.25, 0.3) is 0 Å². The van der Waals surface area contributed by atoms with Gasteiger partial charge in [-0.3, -0.25) is 14.8 Å². The molecule has 1 aromatic carbocycles. The van der Waals surface area contributed by atoms with Crippen molar-refractivity contribution in [1.82, 2.24) is 9.78 Å². The number of rotatable bonds is 4. The van der Waals surface area contributed by atoms with Crippen molar-refractivity contribution in [2.45, 2.75) is 13.5 Å². The van der Waals surface area contributed by atoms with Gasteiger partial charge in [0.2, 0.25) is 5.69 Å². The summed E-state index contributed by atoms with van der Waals surface area (Å²) in [4.78, 5) is 21.2. The maximum atomic E-state index is 11.0. The highest BCUT2D eigenvalue weighted by Crippen LogP contribution is 2.23. The first kappa shape index (κ1) is 14.0. The number of benzene rings is 1. The Morgan fingerprint density at radius 2 is 2.05 bits per heavy atom. The standard InChI is InChI=1S/C12H10ClN3O4/c1-7-11(16(19)20)10(12(17)18)14-15(7)6-8-2-4-9(13)5-3-8/h2-5H,6H2,1H3,(H,17,18). The summed E-state index contributed by atoms with van der Waals surface area (Å²) in [5, 5.41) is 24.2. The molecule has 2 rings (SSSR count). The van der Waals surface area contributed by atoms with Crippen LogP contribution in [-0.4, -0.2) is 25.8 Å². The topological polar surface area (TPSA) is 98.3 Å². The molecular formula is C12H10ClN3O4. The minimum Gasteiger partial charge on any atom is -0.476 e. The fourth-order valence-electron chi connectivity index (χ4n) is 1.82. The number of hydrogen-bond acceptors (Lipinski definition) is 4. The smallest absolute Gasteiger partial charge is 0.363 e. The van der Waals surface area contributed by atoms with E-state index >= 15 is 0 Å². The molecule has 1 aromatic heterocycles. The third-order valence-corrected chi connectivity index (χ3v) is 3.06. The largest absolute Gasteiger partial charge is 0.476 e. The van der Waals surface area contributed by atoms with Gasteiger partial charge in [0.25, 0.3) is 0 Å². The van der Waals surface area contributed by atoms with E-state index < -0.39 is 22.3 Å². The molecule has 7 nitrogen and oxygen atoms in total. The average Bonchev–Trinajstić information content (AvgIpc) is 2.70. The van der Waals surface area contributed by atoms with Crippen LogP contribution in [0.4, 0.5) is 5.69 Å². The molecule has 0 bridgehead atoms. The van der Waals surface area contributed by atoms with Gasteiger partial charge < -0.3 is 5.11 Å². The zero-order valence-electron chi connectivity index (χ0n) is 10.4. The molecule has 0 amide bonds. The molecule has 104 valence electrons. The monoisotopic (exact) mass is 295 g/mol. The van der Waals surface area contributed by atoms with Crippen molar-refractivity contribution in [2.24, 2.45) is 0 Å². The molecular weight excluding hydrogens is 286 g/mol. The van der Waals surface area contributed by atoms with Crippen LogP contribution in [0.2, 0.25) is 5.02 Å². The first-order valence-corrected chi connectivity index (χ1v) is 5.97. The molecule has 0 fully saturated rings. The molecule has 2 aromatic rings. The number of halogens is 1. The average molecular weight is 296 g/mol. The van der Waals surface area contributed by atoms with Gasteiger partial charge in [-0.2, -0.15) is 5.10 Å². The predicted octanol–water partition coefficient (Wildman–Crippen LogP) is 2.50. The number of aromatic carboxylic acids is 1. The number of carboxylic acids is 1. The number of hydrogen-bond donors (Lipinski definition) is 1. The van der Waals surface area contributed by atoms with Gasteiger partial charge in [-0.1, -0.05) is 23.7 Å². The summed E-state index contributed by atoms with van der Waals surface area (Å²) in [5.41, 5.74) is -0.0258. The van der Waals surface area contributed by atoms with Crippen LogP contribution in [0.1, 0.15) is 21.7 Å². The summed E-state index contributed by atoms with van der Waals surface area (Å²) in [5.74, 6) is -1.42. The van der Waals surface area contributed by atoms with Gasteiger partial charge in [-0.25, -0.2) is 4.79 Å². The third-order valence-electron chi connectivity index (χ3n) is 2.81. The van der Waals surface area contributed by atoms with Crippen molar-refractivity contribution in [3.8, 4) is 0 Å². The molecule has 1 N–H and O–H groups in total. The van der Waals surface area contributed by atoms with E-state index in [1.807, 2.05) is 0 Å². The maximum Gasteiger partial charge on any atom is 0.363 e. The second-order valence-corrected chi connectivity index (χ2v) is 4.57. The molecule has 0 saturated heterocycles. The Hall–Kier alpha value is -2.41. The van der Waals surface area contributed by atoms with Crippen molar-refractivity contribution in [1.29, 1.82) is 0 Å². The van der Waals surface area contributed by atoms with E-state index in [-0.39, 0.29) is 12.2 Å². The normalized spacial score (nSPS) is 10.5. The molecule has 0 aliphatic rings. The lowest BCUT2D eigenvalue weighted by molar-refractivity contribution is -0.385. The second-order valence-electron chi connectivity index (χ2n) is 4.13. The first-order valence-electron chi connectivity index (χ1n) is 5.59. The molecule has 20 heavy (non-hydrogen) atoms. The van der Waals surface area contributed by atoms with Crippen LogP contribution >= 0.6 is 11.6 Å². The highest BCUT2D eigenvalue weighted by molar-refractivity contribution is 6.30. The van der Waals surface area contributed by atoms with Crippen LogP contribution in [0.3, 0.4) is 0 Å². The van der Waals surface area contributed by atoms with E-state index in [0.717, 1.165) is 5.56 Å². The summed E-state index contributed by atoms with van der Waals surface area (Å²) < 4.78 is 1.30. The summed E-state index contributed by atoms with van der Waals surface area (Å²) in [6.45, 7) is 1.70. The lowest BCUT2D eigenvalue weighted by Crippen LogP contribution is -2.05. The van der Waals surface area contributed by atoms with Crippen LogP contribution in [-0.2, 0) is 6.54 Å². The van der Waals surface area contributed by atoms with Gasteiger partial charge in [0.1, 0.15) is 5.69 Å². The molecule has 8 heteroatoms. The summed E-state index contributed by atoms with van der Waals surface area (Å²) >= 11 is 5.77. The van der Waals surface area contributed by atoms with E-state index in [0.29, 0.717) is 5.02 Å². The molecule has 0 aliphatic carbocycles. The van der Waals surface area contributed by atoms with Crippen molar-refractivity contribution in [2.75, 3.05) is 0 Å². The van der Waals surface area contributed by atoms with Gasteiger partial charge in [0.15, 0.2) is 0 Å². The van der Waals surface area contributed by atoms with Gasteiger partial charge in [0.05, 0.1) is 11.5 Å². The second kappa shape index (κ2) is 5.30. The van der Waals surface area contributed by atoms with Gasteiger partial charge in [-0.15, -0.1) is 0 Å². The van der Waals surface area contributed by atoms with E-state index in [2.05, 4.69) is 5.10 Å². The van der Waals surface area contributed by atoms with E-state index in [9.17, 15) is 14.9 Å².